The number of hydrogen-bond donors (Lipinski definition) is 1. The molecule has 2 N–H and O–H groups in total. The number of benzene rings is 1. The van der Waals surface area contributed by atoms with Crippen LogP contribution in [0.25, 0.3) is 0 Å². The number of hydrogen-bond acceptors (Lipinski definition) is 5. The number of rotatable bonds is 3. The molecular weight excluding hydrogens is 257 g/mol. The van der Waals surface area contributed by atoms with E-state index in [9.17, 15) is 4.39 Å². The van der Waals surface area contributed by atoms with E-state index in [1.165, 1.54) is 6.07 Å². The maximum atomic E-state index is 13.5. The van der Waals surface area contributed by atoms with Gasteiger partial charge in [-0.3, -0.25) is 0 Å². The van der Waals surface area contributed by atoms with E-state index in [2.05, 4.69) is 15.0 Å². The molecule has 0 unspecified atom stereocenters. The van der Waals surface area contributed by atoms with E-state index >= 15 is 0 Å². The fourth-order valence-corrected chi connectivity index (χ4v) is 1.64. The third-order valence-electron chi connectivity index (χ3n) is 2.32. The van der Waals surface area contributed by atoms with E-state index in [4.69, 9.17) is 17.3 Å². The average Bonchev–Trinajstić information content (AvgIpc) is 2.31. The number of nitrogens with two attached hydrogens (primary N) is 1. The SMILES string of the molecule is CN(Cc1ccccc1F)c1nc(N)nc(Cl)n1. The molecule has 94 valence electrons. The van der Waals surface area contributed by atoms with Gasteiger partial charge in [0.25, 0.3) is 0 Å². The summed E-state index contributed by atoms with van der Waals surface area (Å²) in [4.78, 5) is 13.2. The lowest BCUT2D eigenvalue weighted by Gasteiger charge is -2.17. The van der Waals surface area contributed by atoms with Gasteiger partial charge in [-0.2, -0.15) is 15.0 Å². The molecule has 0 fully saturated rings. The van der Waals surface area contributed by atoms with Gasteiger partial charge in [0.2, 0.25) is 17.2 Å². The molecule has 2 rings (SSSR count). The molecular formula is C11H11ClFN5. The van der Waals surface area contributed by atoms with E-state index in [0.29, 0.717) is 18.1 Å². The molecule has 1 heterocycles. The van der Waals surface area contributed by atoms with Crippen molar-refractivity contribution in [3.8, 4) is 0 Å². The van der Waals surface area contributed by atoms with Crippen molar-refractivity contribution in [3.05, 3.63) is 40.9 Å². The Kier molecular flexibility index (Phi) is 3.57. The quantitative estimate of drug-likeness (QED) is 0.920. The highest BCUT2D eigenvalue weighted by atomic mass is 35.5. The summed E-state index contributed by atoms with van der Waals surface area (Å²) < 4.78 is 13.5. The molecule has 5 nitrogen and oxygen atoms in total. The van der Waals surface area contributed by atoms with Crippen molar-refractivity contribution in [2.75, 3.05) is 17.7 Å². The predicted molar refractivity (Wildman–Crippen MR) is 67.8 cm³/mol. The molecule has 0 spiro atoms. The van der Waals surface area contributed by atoms with Crippen molar-refractivity contribution in [2.45, 2.75) is 6.54 Å². The molecule has 1 aromatic carbocycles. The van der Waals surface area contributed by atoms with Crippen molar-refractivity contribution < 1.29 is 4.39 Å². The van der Waals surface area contributed by atoms with Gasteiger partial charge in [0.1, 0.15) is 5.82 Å². The Morgan fingerprint density at radius 1 is 1.28 bits per heavy atom. The van der Waals surface area contributed by atoms with E-state index in [1.54, 1.807) is 30.1 Å². The van der Waals surface area contributed by atoms with Crippen LogP contribution in [0.2, 0.25) is 5.28 Å². The zero-order valence-corrected chi connectivity index (χ0v) is 10.4. The summed E-state index contributed by atoms with van der Waals surface area (Å²) in [6.07, 6.45) is 0. The lowest BCUT2D eigenvalue weighted by atomic mass is 10.2. The molecule has 1 aromatic heterocycles. The van der Waals surface area contributed by atoms with Crippen molar-refractivity contribution in [1.29, 1.82) is 0 Å². The van der Waals surface area contributed by atoms with Crippen LogP contribution in [-0.4, -0.2) is 22.0 Å². The van der Waals surface area contributed by atoms with E-state index in [-0.39, 0.29) is 17.0 Å². The Morgan fingerprint density at radius 3 is 2.67 bits per heavy atom. The second kappa shape index (κ2) is 5.14. The molecule has 0 saturated heterocycles. The maximum absolute atomic E-state index is 13.5. The van der Waals surface area contributed by atoms with Gasteiger partial charge in [-0.1, -0.05) is 18.2 Å². The number of nitrogen functional groups attached to an aromatic ring is 1. The van der Waals surface area contributed by atoms with E-state index in [0.717, 1.165) is 0 Å². The molecule has 0 aliphatic heterocycles. The first kappa shape index (κ1) is 12.5. The Labute approximate surface area is 108 Å². The van der Waals surface area contributed by atoms with Gasteiger partial charge >= 0.3 is 0 Å². The van der Waals surface area contributed by atoms with Gasteiger partial charge in [0.15, 0.2) is 0 Å². The molecule has 0 aliphatic rings. The minimum Gasteiger partial charge on any atom is -0.368 e. The highest BCUT2D eigenvalue weighted by molar-refractivity contribution is 6.28. The first-order valence-electron chi connectivity index (χ1n) is 5.18. The zero-order chi connectivity index (χ0) is 13.1. The molecule has 0 radical (unpaired) electrons. The van der Waals surface area contributed by atoms with Gasteiger partial charge < -0.3 is 10.6 Å². The molecule has 18 heavy (non-hydrogen) atoms. The maximum Gasteiger partial charge on any atom is 0.231 e. The largest absolute Gasteiger partial charge is 0.368 e. The third-order valence-corrected chi connectivity index (χ3v) is 2.49. The summed E-state index contributed by atoms with van der Waals surface area (Å²) in [5.41, 5.74) is 6.01. The fraction of sp³-hybridized carbons (Fsp3) is 0.182. The van der Waals surface area contributed by atoms with E-state index in [1.807, 2.05) is 0 Å². The normalized spacial score (nSPS) is 10.4. The van der Waals surface area contributed by atoms with Crippen LogP contribution in [0, 0.1) is 5.82 Å². The number of anilines is 2. The average molecular weight is 268 g/mol. The van der Waals surface area contributed by atoms with Crippen LogP contribution < -0.4 is 10.6 Å². The minimum absolute atomic E-state index is 0.0119. The minimum atomic E-state index is -0.280. The van der Waals surface area contributed by atoms with Gasteiger partial charge in [0.05, 0.1) is 0 Å². The summed E-state index contributed by atoms with van der Waals surface area (Å²) in [5.74, 6) is 0.0543. The highest BCUT2D eigenvalue weighted by Crippen LogP contribution is 2.15. The smallest absolute Gasteiger partial charge is 0.231 e. The standard InChI is InChI=1S/C11H11ClFN5/c1-18(6-7-4-2-3-5-8(7)13)11-16-9(12)15-10(14)17-11/h2-5H,6H2,1H3,(H2,14,15,16,17). The molecule has 2 aromatic rings. The van der Waals surface area contributed by atoms with Crippen LogP contribution >= 0.6 is 11.6 Å². The Hall–Kier alpha value is -1.95. The first-order chi connectivity index (χ1) is 8.56. The van der Waals surface area contributed by atoms with Crippen molar-refractivity contribution in [3.63, 3.8) is 0 Å². The Bertz CT molecular complexity index is 543. The summed E-state index contributed by atoms with van der Waals surface area (Å²) in [6.45, 7) is 0.312. The molecule has 0 amide bonds. The lowest BCUT2D eigenvalue weighted by molar-refractivity contribution is 0.607. The van der Waals surface area contributed by atoms with Gasteiger partial charge in [-0.15, -0.1) is 0 Å². The van der Waals surface area contributed by atoms with Crippen LogP contribution in [0.15, 0.2) is 24.3 Å². The highest BCUT2D eigenvalue weighted by Gasteiger charge is 2.10. The van der Waals surface area contributed by atoms with Crippen LogP contribution in [0.1, 0.15) is 5.56 Å². The van der Waals surface area contributed by atoms with Crippen LogP contribution in [0.5, 0.6) is 0 Å². The van der Waals surface area contributed by atoms with Crippen molar-refractivity contribution in [1.82, 2.24) is 15.0 Å². The lowest BCUT2D eigenvalue weighted by Crippen LogP contribution is -2.20. The summed E-state index contributed by atoms with van der Waals surface area (Å²) >= 11 is 5.69. The topological polar surface area (TPSA) is 67.9 Å². The van der Waals surface area contributed by atoms with Gasteiger partial charge in [-0.05, 0) is 17.7 Å². The third kappa shape index (κ3) is 2.84. The second-order valence-electron chi connectivity index (χ2n) is 3.71. The number of aromatic nitrogens is 3. The number of nitrogens with zero attached hydrogens (tertiary/aromatic N) is 4. The molecule has 0 atom stereocenters. The van der Waals surface area contributed by atoms with E-state index < -0.39 is 0 Å². The second-order valence-corrected chi connectivity index (χ2v) is 4.05. The summed E-state index contributed by atoms with van der Waals surface area (Å²) in [7, 11) is 1.72. The van der Waals surface area contributed by atoms with Crippen LogP contribution in [0.3, 0.4) is 0 Å². The van der Waals surface area contributed by atoms with Gasteiger partial charge in [-0.25, -0.2) is 4.39 Å². The Morgan fingerprint density at radius 2 is 2.00 bits per heavy atom. The summed E-state index contributed by atoms with van der Waals surface area (Å²) in [6, 6.07) is 6.49. The van der Waals surface area contributed by atoms with Crippen LogP contribution in [-0.2, 0) is 6.54 Å². The number of halogens is 2. The van der Waals surface area contributed by atoms with Crippen LogP contribution in [0.4, 0.5) is 16.3 Å². The van der Waals surface area contributed by atoms with Gasteiger partial charge in [0, 0.05) is 19.2 Å². The van der Waals surface area contributed by atoms with Crippen molar-refractivity contribution >= 4 is 23.5 Å². The molecule has 0 bridgehead atoms. The first-order valence-corrected chi connectivity index (χ1v) is 5.55. The monoisotopic (exact) mass is 267 g/mol. The van der Waals surface area contributed by atoms with Crippen molar-refractivity contribution in [2.24, 2.45) is 0 Å². The predicted octanol–water partition coefficient (Wildman–Crippen LogP) is 1.88. The Balaban J connectivity index is 2.22. The molecule has 0 aliphatic carbocycles. The molecule has 0 saturated carbocycles. The fourth-order valence-electron chi connectivity index (χ4n) is 1.48. The summed E-state index contributed by atoms with van der Waals surface area (Å²) in [5, 5.41) is 0.0119. The zero-order valence-electron chi connectivity index (χ0n) is 9.64. The molecule has 7 heteroatoms.